The highest BCUT2D eigenvalue weighted by molar-refractivity contribution is 6.31. The van der Waals surface area contributed by atoms with Crippen molar-refractivity contribution in [2.75, 3.05) is 43.1 Å². The molecular weight excluding hydrogens is 485 g/mol. The third-order valence-corrected chi connectivity index (χ3v) is 5.11. The number of carbonyl (C=O) groups excluding carboxylic acids is 4. The van der Waals surface area contributed by atoms with Gasteiger partial charge in [0.15, 0.2) is 0 Å². The molecule has 0 saturated heterocycles. The van der Waals surface area contributed by atoms with Gasteiger partial charge in [0, 0.05) is 32.0 Å². The zero-order chi connectivity index (χ0) is 24.0. The molecule has 1 heterocycles. The van der Waals surface area contributed by atoms with Crippen LogP contribution in [0.1, 0.15) is 24.2 Å². The number of esters is 2. The van der Waals surface area contributed by atoms with Gasteiger partial charge in [0.05, 0.1) is 29.2 Å². The Hall–Kier alpha value is -3.14. The van der Waals surface area contributed by atoms with Crippen molar-refractivity contribution in [3.63, 3.8) is 0 Å². The van der Waals surface area contributed by atoms with Gasteiger partial charge in [0.1, 0.15) is 13.2 Å². The number of para-hydroxylation sites is 1. The molecule has 0 unspecified atom stereocenters. The molecular formula is C23H25Cl2N3O6. The molecule has 0 fully saturated rings. The van der Waals surface area contributed by atoms with Crippen LogP contribution in [0.2, 0.25) is 5.02 Å². The van der Waals surface area contributed by atoms with Gasteiger partial charge in [-0.15, -0.1) is 12.4 Å². The number of benzene rings is 2. The van der Waals surface area contributed by atoms with Crippen LogP contribution in [0.3, 0.4) is 0 Å². The third-order valence-electron chi connectivity index (χ3n) is 4.87. The first kappa shape index (κ1) is 27.1. The topological polar surface area (TPSA) is 105 Å². The number of hydrogen-bond donors (Lipinski definition) is 1. The largest absolute Gasteiger partial charge is 0.465 e. The first-order valence-electron chi connectivity index (χ1n) is 10.3. The van der Waals surface area contributed by atoms with Crippen LogP contribution in [0.4, 0.5) is 17.1 Å². The van der Waals surface area contributed by atoms with E-state index in [1.807, 2.05) is 0 Å². The molecule has 0 saturated carbocycles. The number of hydrogen-bond acceptors (Lipinski definition) is 7. The van der Waals surface area contributed by atoms with Crippen molar-refractivity contribution in [3.8, 4) is 0 Å². The Balaban J connectivity index is 0.00000408. The van der Waals surface area contributed by atoms with E-state index in [0.717, 1.165) is 0 Å². The van der Waals surface area contributed by atoms with Gasteiger partial charge in [-0.05, 0) is 30.3 Å². The van der Waals surface area contributed by atoms with Crippen molar-refractivity contribution in [2.24, 2.45) is 0 Å². The Bertz CT molecular complexity index is 1060. The molecule has 2 amide bonds. The van der Waals surface area contributed by atoms with Crippen molar-refractivity contribution >= 4 is 64.8 Å². The molecule has 0 spiro atoms. The molecule has 9 nitrogen and oxygen atoms in total. The molecule has 1 aliphatic heterocycles. The maximum Gasteiger partial charge on any atom is 0.302 e. The molecule has 1 aliphatic rings. The number of fused-ring (bicyclic) bond motifs is 2. The summed E-state index contributed by atoms with van der Waals surface area (Å²) in [7, 11) is 0. The van der Waals surface area contributed by atoms with Crippen molar-refractivity contribution in [3.05, 3.63) is 53.1 Å². The molecule has 0 bridgehead atoms. The Morgan fingerprint density at radius 3 is 2.21 bits per heavy atom. The van der Waals surface area contributed by atoms with E-state index >= 15 is 0 Å². The minimum absolute atomic E-state index is 0. The predicted molar refractivity (Wildman–Crippen MR) is 130 cm³/mol. The van der Waals surface area contributed by atoms with Crippen molar-refractivity contribution in [2.45, 2.75) is 13.8 Å². The number of carbonyl (C=O) groups is 4. The minimum atomic E-state index is -0.432. The van der Waals surface area contributed by atoms with Crippen LogP contribution in [0, 0.1) is 0 Å². The average Bonchev–Trinajstić information content (AvgIpc) is 2.86. The van der Waals surface area contributed by atoms with Gasteiger partial charge >= 0.3 is 11.9 Å². The summed E-state index contributed by atoms with van der Waals surface area (Å²) in [5, 5.41) is 3.22. The Labute approximate surface area is 208 Å². The van der Waals surface area contributed by atoms with E-state index in [0.29, 0.717) is 27.6 Å². The van der Waals surface area contributed by atoms with E-state index in [1.54, 1.807) is 47.4 Å². The normalized spacial score (nSPS) is 12.0. The molecule has 3 rings (SSSR count). The zero-order valence-electron chi connectivity index (χ0n) is 18.7. The van der Waals surface area contributed by atoms with Gasteiger partial charge in [-0.1, -0.05) is 23.7 Å². The van der Waals surface area contributed by atoms with Gasteiger partial charge in [-0.2, -0.15) is 0 Å². The fourth-order valence-electron chi connectivity index (χ4n) is 3.42. The summed E-state index contributed by atoms with van der Waals surface area (Å²) in [6.07, 6.45) is 0. The van der Waals surface area contributed by atoms with Gasteiger partial charge in [-0.3, -0.25) is 29.0 Å². The predicted octanol–water partition coefficient (Wildman–Crippen LogP) is 3.42. The lowest BCUT2D eigenvalue weighted by Crippen LogP contribution is -2.41. The number of rotatable bonds is 8. The Morgan fingerprint density at radius 1 is 0.971 bits per heavy atom. The SMILES string of the molecule is CC(=O)OCCN(CCOC(C)=O)CC(=O)N1c2ccc(Cl)cc2NC(=O)c2ccccc21.Cl. The molecule has 0 aliphatic carbocycles. The summed E-state index contributed by atoms with van der Waals surface area (Å²) in [5.41, 5.74) is 1.65. The van der Waals surface area contributed by atoms with E-state index in [2.05, 4.69) is 5.32 Å². The highest BCUT2D eigenvalue weighted by Crippen LogP contribution is 2.39. The first-order valence-corrected chi connectivity index (χ1v) is 10.7. The summed E-state index contributed by atoms with van der Waals surface area (Å²) >= 11 is 6.12. The second kappa shape index (κ2) is 12.4. The maximum atomic E-state index is 13.6. The molecule has 2 aromatic carbocycles. The van der Waals surface area contributed by atoms with Crippen molar-refractivity contribution in [1.82, 2.24) is 4.90 Å². The summed E-state index contributed by atoms with van der Waals surface area (Å²) < 4.78 is 10.0. The smallest absolute Gasteiger partial charge is 0.302 e. The standard InChI is InChI=1S/C23H24ClN3O6.ClH/c1-15(28)32-11-9-26(10-12-33-16(2)29)14-22(30)27-20-6-4-3-5-18(20)23(31)25-19-13-17(24)7-8-21(19)27;/h3-8,13H,9-12,14H2,1-2H3,(H,25,31);1H. The molecule has 1 N–H and O–H groups in total. The molecule has 34 heavy (non-hydrogen) atoms. The van der Waals surface area contributed by atoms with Crippen LogP contribution in [-0.4, -0.2) is 61.5 Å². The number of ether oxygens (including phenoxy) is 2. The molecule has 2 aromatic rings. The highest BCUT2D eigenvalue weighted by Gasteiger charge is 2.30. The van der Waals surface area contributed by atoms with Crippen LogP contribution in [0.5, 0.6) is 0 Å². The number of halogens is 2. The lowest BCUT2D eigenvalue weighted by Gasteiger charge is -2.28. The first-order chi connectivity index (χ1) is 15.8. The van der Waals surface area contributed by atoms with E-state index in [-0.39, 0.29) is 57.1 Å². The quantitative estimate of drug-likeness (QED) is 0.543. The van der Waals surface area contributed by atoms with Gasteiger partial charge < -0.3 is 14.8 Å². The maximum absolute atomic E-state index is 13.6. The van der Waals surface area contributed by atoms with Gasteiger partial charge in [0.2, 0.25) is 5.91 Å². The monoisotopic (exact) mass is 509 g/mol. The van der Waals surface area contributed by atoms with E-state index in [4.69, 9.17) is 21.1 Å². The number of amides is 2. The fraction of sp³-hybridized carbons (Fsp3) is 0.304. The fourth-order valence-corrected chi connectivity index (χ4v) is 3.59. The van der Waals surface area contributed by atoms with Crippen molar-refractivity contribution < 1.29 is 28.7 Å². The van der Waals surface area contributed by atoms with E-state index in [9.17, 15) is 19.2 Å². The van der Waals surface area contributed by atoms with Crippen molar-refractivity contribution in [1.29, 1.82) is 0 Å². The summed E-state index contributed by atoms with van der Waals surface area (Å²) in [4.78, 5) is 51.8. The number of anilines is 3. The summed E-state index contributed by atoms with van der Waals surface area (Å²) in [5.74, 6) is -1.55. The number of nitrogens with one attached hydrogen (secondary N) is 1. The average molecular weight is 510 g/mol. The second-order valence-electron chi connectivity index (χ2n) is 7.32. The van der Waals surface area contributed by atoms with Gasteiger partial charge in [0.25, 0.3) is 5.91 Å². The summed E-state index contributed by atoms with van der Waals surface area (Å²) in [6, 6.07) is 11.7. The Kier molecular flexibility index (Phi) is 9.85. The molecule has 0 aromatic heterocycles. The lowest BCUT2D eigenvalue weighted by molar-refractivity contribution is -0.141. The summed E-state index contributed by atoms with van der Waals surface area (Å²) in [6.45, 7) is 3.19. The highest BCUT2D eigenvalue weighted by atomic mass is 35.5. The molecule has 182 valence electrons. The zero-order valence-corrected chi connectivity index (χ0v) is 20.3. The second-order valence-corrected chi connectivity index (χ2v) is 7.75. The van der Waals surface area contributed by atoms with Crippen LogP contribution in [-0.2, 0) is 23.9 Å². The Morgan fingerprint density at radius 2 is 1.59 bits per heavy atom. The number of nitrogens with zero attached hydrogens (tertiary/aromatic N) is 2. The van der Waals surface area contributed by atoms with E-state index < -0.39 is 11.9 Å². The molecule has 11 heteroatoms. The van der Waals surface area contributed by atoms with Crippen LogP contribution < -0.4 is 10.2 Å². The van der Waals surface area contributed by atoms with Crippen LogP contribution in [0.15, 0.2) is 42.5 Å². The minimum Gasteiger partial charge on any atom is -0.465 e. The lowest BCUT2D eigenvalue weighted by atomic mass is 10.1. The molecule has 0 atom stereocenters. The van der Waals surface area contributed by atoms with Crippen LogP contribution in [0.25, 0.3) is 0 Å². The van der Waals surface area contributed by atoms with E-state index in [1.165, 1.54) is 18.7 Å². The van der Waals surface area contributed by atoms with Crippen LogP contribution >= 0.6 is 24.0 Å². The van der Waals surface area contributed by atoms with Gasteiger partial charge in [-0.25, -0.2) is 0 Å². The third kappa shape index (κ3) is 6.93. The molecule has 0 radical (unpaired) electrons.